The minimum absolute atomic E-state index is 0.00903. The number of nitrogens with zero attached hydrogens (tertiary/aromatic N) is 2. The van der Waals surface area contributed by atoms with Crippen molar-refractivity contribution in [3.05, 3.63) is 107 Å². The molecule has 5 rings (SSSR count). The molecule has 0 bridgehead atoms. The summed E-state index contributed by atoms with van der Waals surface area (Å²) in [5.41, 5.74) is 3.68. The lowest BCUT2D eigenvalue weighted by molar-refractivity contribution is -0.138. The molecule has 1 amide bonds. The molecule has 0 unspecified atom stereocenters. The highest BCUT2D eigenvalue weighted by atomic mass is 32.2. The minimum atomic E-state index is -4.67. The lowest BCUT2D eigenvalue weighted by Crippen LogP contribution is -2.27. The molecule has 1 aromatic heterocycles. The molecule has 4 aromatic rings. The van der Waals surface area contributed by atoms with Gasteiger partial charge in [-0.1, -0.05) is 66.4 Å². The number of rotatable bonds is 7. The van der Waals surface area contributed by atoms with E-state index in [1.807, 2.05) is 48.5 Å². The zero-order valence-electron chi connectivity index (χ0n) is 20.7. The van der Waals surface area contributed by atoms with Crippen molar-refractivity contribution in [2.75, 3.05) is 6.61 Å². The van der Waals surface area contributed by atoms with Gasteiger partial charge in [-0.05, 0) is 46.4 Å². The number of benzene rings is 3. The van der Waals surface area contributed by atoms with E-state index in [1.165, 1.54) is 18.5 Å². The number of amides is 1. The highest BCUT2D eigenvalue weighted by Crippen LogP contribution is 2.44. The Hall–Kier alpha value is -4.18. The van der Waals surface area contributed by atoms with Gasteiger partial charge in [0.1, 0.15) is 17.3 Å². The molecule has 0 aliphatic heterocycles. The molecule has 1 heterocycles. The molecule has 1 aliphatic carbocycles. The van der Waals surface area contributed by atoms with Gasteiger partial charge in [0.25, 0.3) is 0 Å². The first-order valence-corrected chi connectivity index (χ1v) is 12.8. The second kappa shape index (κ2) is 10.9. The number of ether oxygens (including phenoxy) is 1. The Balaban J connectivity index is 1.36. The number of halogens is 3. The molecule has 198 valence electrons. The van der Waals surface area contributed by atoms with E-state index in [-0.39, 0.29) is 33.7 Å². The van der Waals surface area contributed by atoms with Crippen molar-refractivity contribution >= 4 is 24.1 Å². The molecule has 1 aliphatic rings. The number of carbonyl (C=O) groups excluding carboxylic acids is 2. The highest BCUT2D eigenvalue weighted by molar-refractivity contribution is 7.99. The van der Waals surface area contributed by atoms with Gasteiger partial charge in [0.05, 0.1) is 5.56 Å². The summed E-state index contributed by atoms with van der Waals surface area (Å²) in [6, 6.07) is 18.0. The Morgan fingerprint density at radius 2 is 1.64 bits per heavy atom. The number of aromatic nitrogens is 2. The first-order chi connectivity index (χ1) is 18.8. The number of aldehydes is 1. The largest absolute Gasteiger partial charge is 0.449 e. The van der Waals surface area contributed by atoms with Gasteiger partial charge in [-0.15, -0.1) is 0 Å². The van der Waals surface area contributed by atoms with Crippen LogP contribution in [0, 0.1) is 6.92 Å². The molecule has 0 saturated heterocycles. The average Bonchev–Trinajstić information content (AvgIpc) is 3.25. The molecular formula is C29H22F3N3O3S. The molecule has 0 spiro atoms. The molecule has 0 atom stereocenters. The van der Waals surface area contributed by atoms with Crippen LogP contribution in [0.25, 0.3) is 11.1 Å². The van der Waals surface area contributed by atoms with Crippen molar-refractivity contribution < 1.29 is 27.5 Å². The molecule has 3 aromatic carbocycles. The third-order valence-electron chi connectivity index (χ3n) is 6.52. The fraction of sp³-hybridized carbons (Fsp3) is 0.172. The topological polar surface area (TPSA) is 81.2 Å². The highest BCUT2D eigenvalue weighted by Gasteiger charge is 2.35. The number of alkyl halides is 3. The Bertz CT molecular complexity index is 1510. The number of hydrogen-bond donors (Lipinski definition) is 1. The maximum Gasteiger partial charge on any atom is 0.416 e. The fourth-order valence-corrected chi connectivity index (χ4v) is 5.78. The summed E-state index contributed by atoms with van der Waals surface area (Å²) in [4.78, 5) is 32.4. The molecule has 6 nitrogen and oxygen atoms in total. The monoisotopic (exact) mass is 549 g/mol. The minimum Gasteiger partial charge on any atom is -0.449 e. The van der Waals surface area contributed by atoms with Gasteiger partial charge in [-0.3, -0.25) is 4.79 Å². The van der Waals surface area contributed by atoms with Crippen LogP contribution in [0.15, 0.2) is 83.0 Å². The molecule has 0 saturated carbocycles. The number of alkyl carbamates (subject to hydrolysis) is 1. The van der Waals surface area contributed by atoms with Crippen LogP contribution in [0.5, 0.6) is 0 Å². The first kappa shape index (κ1) is 26.4. The van der Waals surface area contributed by atoms with Gasteiger partial charge in [0.2, 0.25) is 0 Å². The standard InChI is InChI=1S/C29H22F3N3O3S/c1-17-10-11-24(29(30,31)32)22(26(17)39-27-25(15-36)33-12-13-34-27)14-35-28(37)38-16-23-20-8-4-2-6-18(20)19-7-3-5-9-21(19)23/h2-13,15,23H,14,16H2,1H3,(H,35,37). The first-order valence-electron chi connectivity index (χ1n) is 12.0. The fourth-order valence-electron chi connectivity index (χ4n) is 4.73. The Morgan fingerprint density at radius 3 is 2.28 bits per heavy atom. The van der Waals surface area contributed by atoms with Crippen molar-refractivity contribution in [2.45, 2.75) is 35.5 Å². The van der Waals surface area contributed by atoms with E-state index in [0.717, 1.165) is 40.1 Å². The zero-order chi connectivity index (χ0) is 27.6. The maximum absolute atomic E-state index is 14.0. The molecular weight excluding hydrogens is 527 g/mol. The van der Waals surface area contributed by atoms with Crippen LogP contribution in [-0.4, -0.2) is 29.0 Å². The van der Waals surface area contributed by atoms with E-state index in [0.29, 0.717) is 11.8 Å². The van der Waals surface area contributed by atoms with Crippen LogP contribution < -0.4 is 5.32 Å². The molecule has 1 N–H and O–H groups in total. The summed E-state index contributed by atoms with van der Waals surface area (Å²) >= 11 is 0.895. The van der Waals surface area contributed by atoms with Crippen LogP contribution in [0.4, 0.5) is 18.0 Å². The average molecular weight is 550 g/mol. The summed E-state index contributed by atoms with van der Waals surface area (Å²) in [5, 5.41) is 2.65. The molecule has 0 radical (unpaired) electrons. The van der Waals surface area contributed by atoms with Crippen molar-refractivity contribution in [1.29, 1.82) is 0 Å². The number of fused-ring (bicyclic) bond motifs is 3. The summed E-state index contributed by atoms with van der Waals surface area (Å²) in [6.07, 6.45) is -2.33. The van der Waals surface area contributed by atoms with Gasteiger partial charge in [0, 0.05) is 29.8 Å². The van der Waals surface area contributed by atoms with Crippen LogP contribution in [0.3, 0.4) is 0 Å². The van der Waals surface area contributed by atoms with Crippen LogP contribution in [-0.2, 0) is 17.5 Å². The van der Waals surface area contributed by atoms with Crippen LogP contribution >= 0.6 is 11.8 Å². The van der Waals surface area contributed by atoms with Crippen LogP contribution in [0.1, 0.15) is 44.2 Å². The summed E-state index contributed by atoms with van der Waals surface area (Å²) in [5.74, 6) is -0.183. The third-order valence-corrected chi connectivity index (χ3v) is 7.80. The quantitative estimate of drug-likeness (QED) is 0.255. The maximum atomic E-state index is 14.0. The van der Waals surface area contributed by atoms with E-state index >= 15 is 0 Å². The normalized spacial score (nSPS) is 12.5. The van der Waals surface area contributed by atoms with Crippen molar-refractivity contribution in [3.8, 4) is 11.1 Å². The number of hydrogen-bond acceptors (Lipinski definition) is 6. The van der Waals surface area contributed by atoms with Gasteiger partial charge in [0.15, 0.2) is 6.29 Å². The van der Waals surface area contributed by atoms with E-state index in [9.17, 15) is 22.8 Å². The molecule has 10 heteroatoms. The Morgan fingerprint density at radius 1 is 1.00 bits per heavy atom. The van der Waals surface area contributed by atoms with Gasteiger partial charge < -0.3 is 10.1 Å². The van der Waals surface area contributed by atoms with Gasteiger partial charge in [-0.25, -0.2) is 14.8 Å². The van der Waals surface area contributed by atoms with Crippen molar-refractivity contribution in [2.24, 2.45) is 0 Å². The van der Waals surface area contributed by atoms with E-state index in [4.69, 9.17) is 4.74 Å². The summed E-state index contributed by atoms with van der Waals surface area (Å²) < 4.78 is 47.4. The number of nitrogens with one attached hydrogen (secondary N) is 1. The van der Waals surface area contributed by atoms with Gasteiger partial charge >= 0.3 is 12.3 Å². The summed E-state index contributed by atoms with van der Waals surface area (Å²) in [7, 11) is 0. The van der Waals surface area contributed by atoms with Crippen molar-refractivity contribution in [3.63, 3.8) is 0 Å². The van der Waals surface area contributed by atoms with E-state index in [2.05, 4.69) is 15.3 Å². The lowest BCUT2D eigenvalue weighted by atomic mass is 9.98. The number of carbonyl (C=O) groups is 2. The predicted molar refractivity (Wildman–Crippen MR) is 140 cm³/mol. The zero-order valence-corrected chi connectivity index (χ0v) is 21.5. The molecule has 0 fully saturated rings. The Kier molecular flexibility index (Phi) is 7.38. The number of aryl methyl sites for hydroxylation is 1. The second-order valence-electron chi connectivity index (χ2n) is 8.88. The van der Waals surface area contributed by atoms with Crippen molar-refractivity contribution in [1.82, 2.24) is 15.3 Å². The summed E-state index contributed by atoms with van der Waals surface area (Å²) in [6.45, 7) is 1.24. The third kappa shape index (κ3) is 5.37. The van der Waals surface area contributed by atoms with E-state index < -0.39 is 24.4 Å². The Labute approximate surface area is 226 Å². The second-order valence-corrected chi connectivity index (χ2v) is 9.88. The van der Waals surface area contributed by atoms with Crippen LogP contribution in [0.2, 0.25) is 0 Å². The van der Waals surface area contributed by atoms with Gasteiger partial charge in [-0.2, -0.15) is 13.2 Å². The smallest absolute Gasteiger partial charge is 0.416 e. The SMILES string of the molecule is Cc1ccc(C(F)(F)F)c(CNC(=O)OCC2c3ccccc3-c3ccccc32)c1Sc1nccnc1C=O. The lowest BCUT2D eigenvalue weighted by Gasteiger charge is -2.20. The predicted octanol–water partition coefficient (Wildman–Crippen LogP) is 6.81. The molecule has 39 heavy (non-hydrogen) atoms. The van der Waals surface area contributed by atoms with E-state index in [1.54, 1.807) is 6.92 Å².